The number of ether oxygens (including phenoxy) is 8. The number of aromatic nitrogens is 8. The Hall–Kier alpha value is -6.48. The Balaban J connectivity index is 1.12. The van der Waals surface area contributed by atoms with E-state index >= 15 is 0 Å². The largest absolute Gasteiger partial charge is 0.490 e. The molecule has 18 nitrogen and oxygen atoms in total. The van der Waals surface area contributed by atoms with E-state index in [-0.39, 0.29) is 39.6 Å². The molecular weight excluding hydrogens is 849 g/mol. The van der Waals surface area contributed by atoms with Gasteiger partial charge >= 0.3 is 0 Å². The summed E-state index contributed by atoms with van der Waals surface area (Å²) in [6.07, 6.45) is 0. The van der Waals surface area contributed by atoms with Gasteiger partial charge in [0, 0.05) is 33.0 Å². The molecule has 66 heavy (non-hydrogen) atoms. The summed E-state index contributed by atoms with van der Waals surface area (Å²) in [5.41, 5.74) is 5.36. The summed E-state index contributed by atoms with van der Waals surface area (Å²) in [7, 11) is 0. The number of hydrogen-bond donors (Lipinski definition) is 4. The maximum atomic E-state index is 8.88. The second-order valence-electron chi connectivity index (χ2n) is 14.9. The van der Waals surface area contributed by atoms with Gasteiger partial charge in [0.05, 0.1) is 103 Å². The molecule has 8 bridgehead atoms. The molecule has 0 radical (unpaired) electrons. The van der Waals surface area contributed by atoms with Crippen LogP contribution < -0.4 is 9.47 Å². The van der Waals surface area contributed by atoms with Crippen LogP contribution in [-0.2, 0) is 28.4 Å². The van der Waals surface area contributed by atoms with E-state index in [2.05, 4.69) is 9.97 Å². The Bertz CT molecular complexity index is 2740. The highest BCUT2D eigenvalue weighted by molar-refractivity contribution is 6.12. The zero-order chi connectivity index (χ0) is 44.9. The smallest absolute Gasteiger partial charge is 0.164 e. The van der Waals surface area contributed by atoms with Gasteiger partial charge in [0.2, 0.25) is 0 Å². The molecule has 0 spiro atoms. The number of rotatable bonds is 24. The Morgan fingerprint density at radius 2 is 0.636 bits per heavy atom. The molecule has 0 saturated heterocycles. The van der Waals surface area contributed by atoms with Crippen molar-refractivity contribution in [2.75, 3.05) is 106 Å². The van der Waals surface area contributed by atoms with Crippen molar-refractivity contribution in [1.82, 2.24) is 39.9 Å². The van der Waals surface area contributed by atoms with Gasteiger partial charge in [-0.1, -0.05) is 72.8 Å². The molecule has 2 aliphatic rings. The molecule has 18 heteroatoms. The van der Waals surface area contributed by atoms with Crippen molar-refractivity contribution < 1.29 is 48.1 Å². The number of nitrogens with zero attached hydrogens (tertiary/aromatic N) is 6. The van der Waals surface area contributed by atoms with Crippen molar-refractivity contribution in [2.24, 2.45) is 0 Å². The first-order chi connectivity index (χ1) is 32.7. The Labute approximate surface area is 378 Å². The van der Waals surface area contributed by atoms with Crippen molar-refractivity contribution >= 4 is 44.1 Å². The molecule has 342 valence electrons. The van der Waals surface area contributed by atoms with E-state index in [0.717, 1.165) is 33.0 Å². The van der Waals surface area contributed by atoms with Crippen molar-refractivity contribution in [1.29, 1.82) is 0 Å². The predicted octanol–water partition coefficient (Wildman–Crippen LogP) is 5.71. The first-order valence-electron chi connectivity index (χ1n) is 21.9. The molecule has 0 atom stereocenters. The van der Waals surface area contributed by atoms with E-state index in [1.165, 1.54) is 0 Å². The van der Waals surface area contributed by atoms with Crippen LogP contribution in [0.3, 0.4) is 0 Å². The summed E-state index contributed by atoms with van der Waals surface area (Å²) in [5.74, 6) is 2.93. The van der Waals surface area contributed by atoms with Crippen molar-refractivity contribution in [3.63, 3.8) is 0 Å². The normalized spacial score (nSPS) is 11.9. The molecule has 3 aromatic heterocycles. The quantitative estimate of drug-likeness (QED) is 0.0533. The van der Waals surface area contributed by atoms with E-state index in [1.54, 1.807) is 0 Å². The third-order valence-electron chi connectivity index (χ3n) is 10.6. The number of nitrogens with one attached hydrogen (secondary N) is 2. The van der Waals surface area contributed by atoms with Crippen LogP contribution in [0.25, 0.3) is 89.7 Å². The molecule has 2 aliphatic heterocycles. The van der Waals surface area contributed by atoms with Gasteiger partial charge in [-0.25, -0.2) is 29.9 Å². The molecule has 0 unspecified atom stereocenters. The van der Waals surface area contributed by atoms with Crippen LogP contribution in [0.15, 0.2) is 84.9 Å². The number of aliphatic hydroxyl groups excluding tert-OH is 2. The molecule has 0 fully saturated rings. The first-order valence-corrected chi connectivity index (χ1v) is 21.9. The van der Waals surface area contributed by atoms with Gasteiger partial charge in [-0.3, -0.25) is 0 Å². The minimum atomic E-state index is -0.0260. The van der Waals surface area contributed by atoms with Gasteiger partial charge in [0.15, 0.2) is 23.3 Å². The molecule has 7 aromatic rings. The highest BCUT2D eigenvalue weighted by atomic mass is 16.6. The molecule has 4 aromatic carbocycles. The lowest BCUT2D eigenvalue weighted by Crippen LogP contribution is -2.13. The average Bonchev–Trinajstić information content (AvgIpc) is 4.09. The predicted molar refractivity (Wildman–Crippen MR) is 246 cm³/mol. The van der Waals surface area contributed by atoms with E-state index in [0.29, 0.717) is 134 Å². The molecule has 0 aliphatic carbocycles. The van der Waals surface area contributed by atoms with Gasteiger partial charge in [-0.15, -0.1) is 0 Å². The van der Waals surface area contributed by atoms with Crippen molar-refractivity contribution in [3.05, 3.63) is 84.9 Å². The number of fused-ring (bicyclic) bond motifs is 20. The minimum absolute atomic E-state index is 0.0260. The van der Waals surface area contributed by atoms with E-state index in [1.807, 2.05) is 84.9 Å². The fraction of sp³-hybridized carbons (Fsp3) is 0.333. The zero-order valence-corrected chi connectivity index (χ0v) is 36.2. The van der Waals surface area contributed by atoms with Gasteiger partial charge < -0.3 is 58.1 Å². The first kappa shape index (κ1) is 44.7. The van der Waals surface area contributed by atoms with Crippen LogP contribution in [-0.4, -0.2) is 156 Å². The Morgan fingerprint density at radius 1 is 0.333 bits per heavy atom. The summed E-state index contributed by atoms with van der Waals surface area (Å²) < 4.78 is 46.2. The third kappa shape index (κ3) is 10.3. The lowest BCUT2D eigenvalue weighted by atomic mass is 10.1. The van der Waals surface area contributed by atoms with Crippen LogP contribution in [0.5, 0.6) is 11.5 Å². The lowest BCUT2D eigenvalue weighted by molar-refractivity contribution is 0.00356. The highest BCUT2D eigenvalue weighted by Gasteiger charge is 2.24. The summed E-state index contributed by atoms with van der Waals surface area (Å²) in [6, 6.07) is 27.4. The minimum Gasteiger partial charge on any atom is -0.490 e. The second kappa shape index (κ2) is 22.1. The maximum Gasteiger partial charge on any atom is 0.164 e. The number of H-pyrrole nitrogens is 2. The van der Waals surface area contributed by atoms with Gasteiger partial charge in [-0.05, 0) is 12.1 Å². The zero-order valence-electron chi connectivity index (χ0n) is 36.2. The summed E-state index contributed by atoms with van der Waals surface area (Å²) in [6.45, 7) is 4.64. The van der Waals surface area contributed by atoms with Crippen LogP contribution in [0.4, 0.5) is 0 Å². The summed E-state index contributed by atoms with van der Waals surface area (Å²) in [4.78, 5) is 37.7. The number of aromatic amines is 2. The van der Waals surface area contributed by atoms with Gasteiger partial charge in [0.25, 0.3) is 0 Å². The fourth-order valence-corrected chi connectivity index (χ4v) is 7.59. The Kier molecular flexibility index (Phi) is 15.0. The van der Waals surface area contributed by atoms with Crippen molar-refractivity contribution in [2.45, 2.75) is 0 Å². The van der Waals surface area contributed by atoms with E-state index in [4.69, 9.17) is 78.0 Å². The Morgan fingerprint density at radius 3 is 1.00 bits per heavy atom. The van der Waals surface area contributed by atoms with Crippen molar-refractivity contribution in [3.8, 4) is 57.1 Å². The third-order valence-corrected chi connectivity index (χ3v) is 10.6. The fourth-order valence-electron chi connectivity index (χ4n) is 7.59. The monoisotopic (exact) mass is 898 g/mol. The standard InChI is InChI=1S/C48H50N8O10/c57-15-17-59-19-21-61-23-25-63-27-29-65-37-13-14-38(66-30-28-64-26-24-62-22-20-60-18-16-58)40-39(37)47-54-45-35-11-5-3-9-33(35)43(52-45)50-41-31-7-1-2-8-32(31)42(49-41)51-44-34-10-4-6-12-36(34)46(53-44)55-48(40)56-47/h1-14,57-58H,15-30H2,(H2,49,50,51,52,53,54,55,56). The number of aliphatic hydroxyl groups is 2. The van der Waals surface area contributed by atoms with Crippen LogP contribution in [0.1, 0.15) is 0 Å². The van der Waals surface area contributed by atoms with E-state index in [9.17, 15) is 0 Å². The molecule has 4 N–H and O–H groups in total. The number of hydrogen-bond acceptors (Lipinski definition) is 16. The van der Waals surface area contributed by atoms with Gasteiger partial charge in [0.1, 0.15) is 47.3 Å². The summed E-state index contributed by atoms with van der Waals surface area (Å²) >= 11 is 0. The van der Waals surface area contributed by atoms with E-state index < -0.39 is 0 Å². The topological polar surface area (TPSA) is 223 Å². The number of benzene rings is 4. The molecule has 9 rings (SSSR count). The molecule has 0 amide bonds. The lowest BCUT2D eigenvalue weighted by Gasteiger charge is -2.12. The average molecular weight is 899 g/mol. The SMILES string of the molecule is OCCOCCOCCOCCOc1ccc(OCCOCCOCCOCCO)c2c3nc4nc(nc5[nH]c(nc6nc(nc([nH]3)c12)-c1ccccc1-6)c1ccccc51)-c1ccccc1-4. The molecular formula is C48H50N8O10. The second-order valence-corrected chi connectivity index (χ2v) is 14.9. The molecule has 0 saturated carbocycles. The van der Waals surface area contributed by atoms with Crippen LogP contribution in [0, 0.1) is 0 Å². The molecule has 5 heterocycles. The van der Waals surface area contributed by atoms with Crippen LogP contribution >= 0.6 is 0 Å². The maximum absolute atomic E-state index is 8.88. The highest BCUT2D eigenvalue weighted by Crippen LogP contribution is 2.41. The summed E-state index contributed by atoms with van der Waals surface area (Å²) in [5, 5.41) is 20.8. The van der Waals surface area contributed by atoms with Gasteiger partial charge in [-0.2, -0.15) is 0 Å². The van der Waals surface area contributed by atoms with Crippen LogP contribution in [0.2, 0.25) is 0 Å².